The van der Waals surface area contributed by atoms with Crippen molar-refractivity contribution in [2.24, 2.45) is 5.73 Å². The molecule has 0 radical (unpaired) electrons. The van der Waals surface area contributed by atoms with Crippen molar-refractivity contribution in [3.8, 4) is 0 Å². The van der Waals surface area contributed by atoms with Gasteiger partial charge in [-0.25, -0.2) is 0 Å². The summed E-state index contributed by atoms with van der Waals surface area (Å²) in [6.07, 6.45) is 4.66. The largest absolute Gasteiger partial charge is 0.357 e. The Morgan fingerprint density at radius 2 is 2.14 bits per heavy atom. The van der Waals surface area contributed by atoms with E-state index in [4.69, 9.17) is 5.73 Å². The number of carbonyl (C=O) groups excluding carboxylic acids is 1. The highest BCUT2D eigenvalue weighted by Gasteiger charge is 2.28. The molecule has 2 aromatic rings. The number of amides is 1. The van der Waals surface area contributed by atoms with E-state index in [0.717, 1.165) is 37.0 Å². The molecule has 120 valence electrons. The first kappa shape index (κ1) is 16.8. The van der Waals surface area contributed by atoms with E-state index in [1.807, 2.05) is 17.0 Å². The normalized spacial score (nSPS) is 18.2. The van der Waals surface area contributed by atoms with Gasteiger partial charge in [0.1, 0.15) is 0 Å². The van der Waals surface area contributed by atoms with E-state index in [1.165, 1.54) is 11.8 Å². The minimum Gasteiger partial charge on any atom is -0.357 e. The van der Waals surface area contributed by atoms with E-state index in [9.17, 15) is 4.79 Å². The number of nitrogens with one attached hydrogen (secondary N) is 1. The van der Waals surface area contributed by atoms with Gasteiger partial charge in [0, 0.05) is 24.2 Å². The topological polar surface area (TPSA) is 62.1 Å². The number of rotatable bonds is 4. The van der Waals surface area contributed by atoms with Crippen LogP contribution in [0.3, 0.4) is 0 Å². The number of benzene rings is 1. The van der Waals surface area contributed by atoms with Gasteiger partial charge in [0.15, 0.2) is 0 Å². The Bertz CT molecular complexity index is 592. The molecule has 1 aromatic carbocycles. The third-order valence-electron chi connectivity index (χ3n) is 4.33. The highest BCUT2D eigenvalue weighted by atomic mass is 35.5. The number of halogens is 1. The molecule has 1 amide bonds. The van der Waals surface area contributed by atoms with Crippen molar-refractivity contribution in [1.29, 1.82) is 0 Å². The number of hydrogen-bond donors (Lipinski definition) is 2. The van der Waals surface area contributed by atoms with E-state index in [2.05, 4.69) is 23.2 Å². The molecule has 1 unspecified atom stereocenters. The third kappa shape index (κ3) is 3.45. The predicted molar refractivity (Wildman–Crippen MR) is 92.1 cm³/mol. The zero-order chi connectivity index (χ0) is 14.7. The van der Waals surface area contributed by atoms with Crippen LogP contribution in [0.4, 0.5) is 0 Å². The number of nitrogens with zero attached hydrogens (tertiary/aromatic N) is 1. The van der Waals surface area contributed by atoms with Crippen LogP contribution in [-0.4, -0.2) is 28.9 Å². The van der Waals surface area contributed by atoms with Crippen LogP contribution in [0.25, 0.3) is 10.9 Å². The lowest BCUT2D eigenvalue weighted by Gasteiger charge is -2.35. The first-order valence-electron chi connectivity index (χ1n) is 7.87. The second kappa shape index (κ2) is 7.65. The van der Waals surface area contributed by atoms with Gasteiger partial charge in [-0.1, -0.05) is 18.2 Å². The number of nitrogens with two attached hydrogens (primary N) is 1. The van der Waals surface area contributed by atoms with Crippen molar-refractivity contribution in [2.75, 3.05) is 13.1 Å². The number of H-pyrrole nitrogens is 1. The molecule has 1 fully saturated rings. The summed E-state index contributed by atoms with van der Waals surface area (Å²) in [7, 11) is 0. The first-order valence-corrected chi connectivity index (χ1v) is 7.87. The van der Waals surface area contributed by atoms with Crippen LogP contribution in [0, 0.1) is 0 Å². The zero-order valence-electron chi connectivity index (χ0n) is 12.8. The maximum atomic E-state index is 12.4. The molecule has 0 bridgehead atoms. The van der Waals surface area contributed by atoms with Crippen LogP contribution < -0.4 is 5.73 Å². The monoisotopic (exact) mass is 321 g/mol. The predicted octanol–water partition coefficient (Wildman–Crippen LogP) is 3.38. The molecule has 22 heavy (non-hydrogen) atoms. The molecule has 5 heteroatoms. The van der Waals surface area contributed by atoms with E-state index in [-0.39, 0.29) is 24.4 Å². The van der Waals surface area contributed by atoms with Gasteiger partial charge >= 0.3 is 0 Å². The molecule has 0 saturated carbocycles. The molecule has 1 saturated heterocycles. The van der Waals surface area contributed by atoms with Crippen molar-refractivity contribution < 1.29 is 4.79 Å². The van der Waals surface area contributed by atoms with Crippen LogP contribution in [0.15, 0.2) is 30.3 Å². The van der Waals surface area contributed by atoms with Crippen molar-refractivity contribution >= 4 is 29.2 Å². The van der Waals surface area contributed by atoms with E-state index >= 15 is 0 Å². The third-order valence-corrected chi connectivity index (χ3v) is 4.33. The lowest BCUT2D eigenvalue weighted by molar-refractivity contribution is -0.135. The SMILES string of the molecule is Cl.NCCCC(=O)N1CCCCC1c1cc2ccccc2[nH]1. The van der Waals surface area contributed by atoms with Crippen LogP contribution >= 0.6 is 12.4 Å². The summed E-state index contributed by atoms with van der Waals surface area (Å²) in [5, 5.41) is 1.22. The number of hydrogen-bond acceptors (Lipinski definition) is 2. The van der Waals surface area contributed by atoms with E-state index < -0.39 is 0 Å². The molecule has 0 spiro atoms. The van der Waals surface area contributed by atoms with Crippen molar-refractivity contribution in [3.05, 3.63) is 36.0 Å². The minimum atomic E-state index is 0. The summed E-state index contributed by atoms with van der Waals surface area (Å²) in [6, 6.07) is 10.7. The summed E-state index contributed by atoms with van der Waals surface area (Å²) in [6.45, 7) is 1.44. The van der Waals surface area contributed by atoms with E-state index in [0.29, 0.717) is 13.0 Å². The first-order chi connectivity index (χ1) is 10.3. The smallest absolute Gasteiger partial charge is 0.223 e. The van der Waals surface area contributed by atoms with Gasteiger partial charge < -0.3 is 15.6 Å². The summed E-state index contributed by atoms with van der Waals surface area (Å²) >= 11 is 0. The summed E-state index contributed by atoms with van der Waals surface area (Å²) < 4.78 is 0. The number of fused-ring (bicyclic) bond motifs is 1. The maximum absolute atomic E-state index is 12.4. The Morgan fingerprint density at radius 1 is 1.32 bits per heavy atom. The Balaban J connectivity index is 0.00000176. The Labute approximate surface area is 137 Å². The molecule has 0 aliphatic carbocycles. The fourth-order valence-corrected chi connectivity index (χ4v) is 3.23. The average Bonchev–Trinajstić information content (AvgIpc) is 2.96. The number of aromatic amines is 1. The lowest BCUT2D eigenvalue weighted by Crippen LogP contribution is -2.38. The number of carbonyl (C=O) groups is 1. The van der Waals surface area contributed by atoms with Gasteiger partial charge in [0.25, 0.3) is 0 Å². The van der Waals surface area contributed by atoms with Gasteiger partial charge in [0.2, 0.25) is 5.91 Å². The molecule has 1 aliphatic heterocycles. The molecule has 2 heterocycles. The quantitative estimate of drug-likeness (QED) is 0.906. The number of piperidine rings is 1. The van der Waals surface area contributed by atoms with Crippen LogP contribution in [0.2, 0.25) is 0 Å². The zero-order valence-corrected chi connectivity index (χ0v) is 13.6. The highest BCUT2D eigenvalue weighted by Crippen LogP contribution is 2.32. The Hall–Kier alpha value is -1.52. The highest BCUT2D eigenvalue weighted by molar-refractivity contribution is 5.85. The summed E-state index contributed by atoms with van der Waals surface area (Å²) in [5.41, 5.74) is 7.84. The summed E-state index contributed by atoms with van der Waals surface area (Å²) in [5.74, 6) is 0.240. The van der Waals surface area contributed by atoms with Gasteiger partial charge in [-0.3, -0.25) is 4.79 Å². The second-order valence-electron chi connectivity index (χ2n) is 5.80. The molecule has 3 rings (SSSR count). The molecular weight excluding hydrogens is 298 g/mol. The number of para-hydroxylation sites is 1. The van der Waals surface area contributed by atoms with Crippen LogP contribution in [0.1, 0.15) is 43.8 Å². The van der Waals surface area contributed by atoms with Gasteiger partial charge in [0.05, 0.1) is 6.04 Å². The Morgan fingerprint density at radius 3 is 2.91 bits per heavy atom. The molecule has 1 aromatic heterocycles. The van der Waals surface area contributed by atoms with Crippen LogP contribution in [0.5, 0.6) is 0 Å². The van der Waals surface area contributed by atoms with Gasteiger partial charge in [-0.2, -0.15) is 0 Å². The number of likely N-dealkylation sites (tertiary alicyclic amines) is 1. The fraction of sp³-hybridized carbons (Fsp3) is 0.471. The van der Waals surface area contributed by atoms with Gasteiger partial charge in [-0.15, -0.1) is 12.4 Å². The fourth-order valence-electron chi connectivity index (χ4n) is 3.23. The van der Waals surface area contributed by atoms with Crippen molar-refractivity contribution in [3.63, 3.8) is 0 Å². The molecule has 1 atom stereocenters. The van der Waals surface area contributed by atoms with Crippen LogP contribution in [-0.2, 0) is 4.79 Å². The Kier molecular flexibility index (Phi) is 5.86. The minimum absolute atomic E-state index is 0. The summed E-state index contributed by atoms with van der Waals surface area (Å²) in [4.78, 5) is 17.9. The molecule has 4 nitrogen and oxygen atoms in total. The molecule has 1 aliphatic rings. The molecule has 3 N–H and O–H groups in total. The standard InChI is InChI=1S/C17H23N3O.ClH/c18-10-5-9-17(21)20-11-4-3-8-16(20)15-12-13-6-1-2-7-14(13)19-15;/h1-2,6-7,12,16,19H,3-5,8-11,18H2;1H. The van der Waals surface area contributed by atoms with Crippen molar-refractivity contribution in [2.45, 2.75) is 38.1 Å². The number of aromatic nitrogens is 1. The maximum Gasteiger partial charge on any atom is 0.223 e. The van der Waals surface area contributed by atoms with Gasteiger partial charge in [-0.05, 0) is 49.7 Å². The van der Waals surface area contributed by atoms with Crippen molar-refractivity contribution in [1.82, 2.24) is 9.88 Å². The second-order valence-corrected chi connectivity index (χ2v) is 5.80. The lowest BCUT2D eigenvalue weighted by atomic mass is 9.98. The average molecular weight is 322 g/mol. The van der Waals surface area contributed by atoms with E-state index in [1.54, 1.807) is 0 Å². The molecular formula is C17H24ClN3O.